The van der Waals surface area contributed by atoms with Crippen molar-refractivity contribution < 1.29 is 9.53 Å². The van der Waals surface area contributed by atoms with Crippen molar-refractivity contribution in [2.75, 3.05) is 26.2 Å². The molecule has 3 heterocycles. The number of aromatic nitrogens is 2. The van der Waals surface area contributed by atoms with Crippen molar-refractivity contribution in [3.05, 3.63) is 17.0 Å². The van der Waals surface area contributed by atoms with Crippen LogP contribution in [0.2, 0.25) is 0 Å². The van der Waals surface area contributed by atoms with Gasteiger partial charge < -0.3 is 15.0 Å². The van der Waals surface area contributed by atoms with Gasteiger partial charge in [-0.2, -0.15) is 5.10 Å². The summed E-state index contributed by atoms with van der Waals surface area (Å²) in [7, 11) is 1.98. The molecule has 3 rings (SSSR count). The fourth-order valence-electron chi connectivity index (χ4n) is 3.99. The Hall–Kier alpha value is -1.40. The number of ether oxygens (including phenoxy) is 1. The fraction of sp³-hybridized carbons (Fsp3) is 0.778. The molecule has 1 amide bonds. The van der Waals surface area contributed by atoms with Crippen molar-refractivity contribution in [2.45, 2.75) is 52.2 Å². The largest absolute Gasteiger partial charge is 0.373 e. The number of amides is 1. The van der Waals surface area contributed by atoms with Gasteiger partial charge in [0.25, 0.3) is 0 Å². The molecule has 6 nitrogen and oxygen atoms in total. The Kier molecular flexibility index (Phi) is 5.25. The van der Waals surface area contributed by atoms with E-state index < -0.39 is 0 Å². The van der Waals surface area contributed by atoms with Crippen LogP contribution >= 0.6 is 0 Å². The standard InChI is InChI=1S/C18H30N4O2/c1-12-16(14(3)21(4)20-12)17-15(7-10-24-17)11-19-13(2)18(23)22-8-5-6-9-22/h13,15,17,19H,5-11H2,1-4H3/t13-,15+,17+/m0/s1. The van der Waals surface area contributed by atoms with E-state index in [2.05, 4.69) is 17.3 Å². The van der Waals surface area contributed by atoms with E-state index in [1.165, 1.54) is 11.3 Å². The highest BCUT2D eigenvalue weighted by atomic mass is 16.5. The third-order valence-corrected chi connectivity index (χ3v) is 5.54. The van der Waals surface area contributed by atoms with Gasteiger partial charge in [0.05, 0.1) is 17.8 Å². The van der Waals surface area contributed by atoms with Crippen LogP contribution in [-0.2, 0) is 16.6 Å². The summed E-state index contributed by atoms with van der Waals surface area (Å²) in [5, 5.41) is 7.97. The van der Waals surface area contributed by atoms with Crippen LogP contribution in [0.3, 0.4) is 0 Å². The lowest BCUT2D eigenvalue weighted by molar-refractivity contribution is -0.132. The molecule has 3 atom stereocenters. The maximum Gasteiger partial charge on any atom is 0.239 e. The average molecular weight is 334 g/mol. The second kappa shape index (κ2) is 7.23. The Morgan fingerprint density at radius 3 is 2.71 bits per heavy atom. The zero-order valence-electron chi connectivity index (χ0n) is 15.3. The summed E-state index contributed by atoms with van der Waals surface area (Å²) in [4.78, 5) is 14.4. The molecule has 2 aliphatic rings. The average Bonchev–Trinajstić information content (AvgIpc) is 3.27. The van der Waals surface area contributed by atoms with E-state index in [-0.39, 0.29) is 18.1 Å². The Morgan fingerprint density at radius 2 is 2.08 bits per heavy atom. The number of aryl methyl sites for hydroxylation is 2. The predicted octanol–water partition coefficient (Wildman–Crippen LogP) is 1.72. The molecule has 0 saturated carbocycles. The van der Waals surface area contributed by atoms with Gasteiger partial charge in [-0.1, -0.05) is 0 Å². The van der Waals surface area contributed by atoms with Gasteiger partial charge in [0, 0.05) is 50.5 Å². The molecule has 24 heavy (non-hydrogen) atoms. The van der Waals surface area contributed by atoms with Crippen molar-refractivity contribution in [1.82, 2.24) is 20.0 Å². The van der Waals surface area contributed by atoms with Crippen LogP contribution in [0.25, 0.3) is 0 Å². The summed E-state index contributed by atoms with van der Waals surface area (Å²) in [5.74, 6) is 0.622. The first-order chi connectivity index (χ1) is 11.5. The second-order valence-electron chi connectivity index (χ2n) is 7.21. The first kappa shape index (κ1) is 17.4. The SMILES string of the molecule is Cc1nn(C)c(C)c1[C@@H]1OCC[C@@H]1CN[C@@H](C)C(=O)N1CCCC1. The molecule has 134 valence electrons. The Bertz CT molecular complexity index is 592. The van der Waals surface area contributed by atoms with E-state index in [1.807, 2.05) is 30.5 Å². The molecule has 0 bridgehead atoms. The lowest BCUT2D eigenvalue weighted by atomic mass is 9.93. The van der Waals surface area contributed by atoms with Crippen molar-refractivity contribution in [3.63, 3.8) is 0 Å². The van der Waals surface area contributed by atoms with E-state index >= 15 is 0 Å². The van der Waals surface area contributed by atoms with Crippen molar-refractivity contribution in [3.8, 4) is 0 Å². The molecule has 1 aromatic rings. The summed E-state index contributed by atoms with van der Waals surface area (Å²) < 4.78 is 7.96. The molecule has 0 aromatic carbocycles. The Balaban J connectivity index is 1.61. The van der Waals surface area contributed by atoms with E-state index in [0.717, 1.165) is 51.2 Å². The highest BCUT2D eigenvalue weighted by Crippen LogP contribution is 2.37. The van der Waals surface area contributed by atoms with E-state index in [1.54, 1.807) is 0 Å². The minimum absolute atomic E-state index is 0.0836. The van der Waals surface area contributed by atoms with Crippen LogP contribution in [0.1, 0.15) is 49.2 Å². The van der Waals surface area contributed by atoms with Gasteiger partial charge in [-0.3, -0.25) is 9.48 Å². The third kappa shape index (κ3) is 3.35. The van der Waals surface area contributed by atoms with E-state index in [0.29, 0.717) is 5.92 Å². The molecule has 1 aromatic heterocycles. The molecule has 0 spiro atoms. The highest BCUT2D eigenvalue weighted by molar-refractivity contribution is 5.81. The number of nitrogens with one attached hydrogen (secondary N) is 1. The number of carbonyl (C=O) groups excluding carboxylic acids is 1. The normalized spacial score (nSPS) is 25.4. The van der Waals surface area contributed by atoms with Crippen LogP contribution in [0.4, 0.5) is 0 Å². The number of rotatable bonds is 5. The number of hydrogen-bond donors (Lipinski definition) is 1. The first-order valence-corrected chi connectivity index (χ1v) is 9.13. The summed E-state index contributed by atoms with van der Waals surface area (Å²) in [6, 6.07) is -0.125. The molecular formula is C18H30N4O2. The van der Waals surface area contributed by atoms with E-state index in [4.69, 9.17) is 4.74 Å². The third-order valence-electron chi connectivity index (χ3n) is 5.54. The van der Waals surface area contributed by atoms with Gasteiger partial charge in [0.1, 0.15) is 0 Å². The second-order valence-corrected chi connectivity index (χ2v) is 7.21. The van der Waals surface area contributed by atoms with E-state index in [9.17, 15) is 4.79 Å². The van der Waals surface area contributed by atoms with Crippen LogP contribution in [0, 0.1) is 19.8 Å². The predicted molar refractivity (Wildman–Crippen MR) is 92.8 cm³/mol. The molecular weight excluding hydrogens is 304 g/mol. The molecule has 0 aliphatic carbocycles. The van der Waals surface area contributed by atoms with Gasteiger partial charge in [-0.05, 0) is 40.0 Å². The molecule has 1 N–H and O–H groups in total. The number of carbonyl (C=O) groups is 1. The van der Waals surface area contributed by atoms with Gasteiger partial charge in [-0.25, -0.2) is 0 Å². The summed E-state index contributed by atoms with van der Waals surface area (Å²) in [6.45, 7) is 9.53. The summed E-state index contributed by atoms with van der Waals surface area (Å²) >= 11 is 0. The number of likely N-dealkylation sites (tertiary alicyclic amines) is 1. The minimum atomic E-state index is -0.125. The Labute approximate surface area is 144 Å². The topological polar surface area (TPSA) is 59.4 Å². The lowest BCUT2D eigenvalue weighted by Gasteiger charge is -2.24. The van der Waals surface area contributed by atoms with Gasteiger partial charge in [0.15, 0.2) is 0 Å². The molecule has 0 unspecified atom stereocenters. The van der Waals surface area contributed by atoms with Crippen LogP contribution in [-0.4, -0.2) is 52.9 Å². The number of hydrogen-bond acceptors (Lipinski definition) is 4. The molecule has 0 radical (unpaired) electrons. The Morgan fingerprint density at radius 1 is 1.38 bits per heavy atom. The monoisotopic (exact) mass is 334 g/mol. The van der Waals surface area contributed by atoms with Crippen LogP contribution in [0.5, 0.6) is 0 Å². The lowest BCUT2D eigenvalue weighted by Crippen LogP contribution is -2.45. The van der Waals surface area contributed by atoms with Crippen molar-refractivity contribution in [2.24, 2.45) is 13.0 Å². The minimum Gasteiger partial charge on any atom is -0.373 e. The summed E-state index contributed by atoms with van der Waals surface area (Å²) in [6.07, 6.45) is 3.38. The van der Waals surface area contributed by atoms with Crippen molar-refractivity contribution in [1.29, 1.82) is 0 Å². The first-order valence-electron chi connectivity index (χ1n) is 9.13. The maximum absolute atomic E-state index is 12.4. The fourth-order valence-corrected chi connectivity index (χ4v) is 3.99. The number of nitrogens with zero attached hydrogens (tertiary/aromatic N) is 3. The molecule has 6 heteroatoms. The molecule has 2 fully saturated rings. The van der Waals surface area contributed by atoms with Gasteiger partial charge in [-0.15, -0.1) is 0 Å². The zero-order valence-corrected chi connectivity index (χ0v) is 15.3. The van der Waals surface area contributed by atoms with Crippen LogP contribution < -0.4 is 5.32 Å². The molecule has 2 aliphatic heterocycles. The van der Waals surface area contributed by atoms with Crippen molar-refractivity contribution >= 4 is 5.91 Å². The zero-order chi connectivity index (χ0) is 17.3. The summed E-state index contributed by atoms with van der Waals surface area (Å²) in [5.41, 5.74) is 3.44. The quantitative estimate of drug-likeness (QED) is 0.891. The smallest absolute Gasteiger partial charge is 0.239 e. The van der Waals surface area contributed by atoms with Gasteiger partial charge in [0.2, 0.25) is 5.91 Å². The highest BCUT2D eigenvalue weighted by Gasteiger charge is 2.34. The molecule has 2 saturated heterocycles. The maximum atomic E-state index is 12.4. The van der Waals surface area contributed by atoms with Crippen LogP contribution in [0.15, 0.2) is 0 Å². The van der Waals surface area contributed by atoms with Gasteiger partial charge >= 0.3 is 0 Å².